The highest BCUT2D eigenvalue weighted by Gasteiger charge is 2.63. The summed E-state index contributed by atoms with van der Waals surface area (Å²) in [6.45, 7) is 2.99. The summed E-state index contributed by atoms with van der Waals surface area (Å²) < 4.78 is 50.2. The molecular formula is C13H16ClFN5O6P. The van der Waals surface area contributed by atoms with Gasteiger partial charge in [-0.25, -0.2) is 13.9 Å². The Bertz CT molecular complexity index is 995. The normalized spacial score (nSPS) is 36.4. The molecule has 2 fully saturated rings. The maximum Gasteiger partial charge on any atom is 0.475 e. The fourth-order valence-electron chi connectivity index (χ4n) is 2.99. The number of fused-ring (bicyclic) bond motifs is 2. The van der Waals surface area contributed by atoms with E-state index in [0.717, 1.165) is 10.9 Å². The van der Waals surface area contributed by atoms with Crippen LogP contribution < -0.4 is 11.3 Å². The number of nitrogen functional groups attached to an aromatic ring is 1. The van der Waals surface area contributed by atoms with Crippen LogP contribution in [0.15, 0.2) is 11.1 Å². The lowest BCUT2D eigenvalue weighted by Crippen LogP contribution is -2.43. The van der Waals surface area contributed by atoms with Crippen molar-refractivity contribution in [3.8, 4) is 0 Å². The fourth-order valence-corrected chi connectivity index (χ4v) is 4.98. The number of aromatic amines is 1. The number of aromatic nitrogens is 4. The number of nitrogens with one attached hydrogen (secondary N) is 1. The van der Waals surface area contributed by atoms with E-state index in [2.05, 4.69) is 15.0 Å². The van der Waals surface area contributed by atoms with Crippen molar-refractivity contribution < 1.29 is 27.3 Å². The van der Waals surface area contributed by atoms with Crippen molar-refractivity contribution in [2.75, 3.05) is 12.3 Å². The molecule has 11 nitrogen and oxygen atoms in total. The Morgan fingerprint density at radius 1 is 1.59 bits per heavy atom. The molecule has 0 spiro atoms. The summed E-state index contributed by atoms with van der Waals surface area (Å²) in [5.41, 5.74) is 4.86. The predicted molar refractivity (Wildman–Crippen MR) is 90.8 cm³/mol. The highest BCUT2D eigenvalue weighted by molar-refractivity contribution is 7.48. The Kier molecular flexibility index (Phi) is 4.33. The summed E-state index contributed by atoms with van der Waals surface area (Å²) in [6.07, 6.45) is -3.23. The molecule has 4 heterocycles. The Balaban J connectivity index is 1.71. The first kappa shape index (κ1) is 18.8. The van der Waals surface area contributed by atoms with Gasteiger partial charge in [0.25, 0.3) is 10.7 Å². The molecule has 0 aliphatic carbocycles. The summed E-state index contributed by atoms with van der Waals surface area (Å²) in [7, 11) is -4.01. The van der Waals surface area contributed by atoms with Crippen molar-refractivity contribution in [1.29, 1.82) is 0 Å². The number of imidazole rings is 1. The Hall–Kier alpha value is -1.56. The minimum absolute atomic E-state index is 0.0231. The molecule has 14 heteroatoms. The minimum Gasteiger partial charge on any atom is -0.369 e. The first-order valence-electron chi connectivity index (χ1n) is 7.98. The summed E-state index contributed by atoms with van der Waals surface area (Å²) in [5, 5.41) is -2.67. The summed E-state index contributed by atoms with van der Waals surface area (Å²) in [6, 6.07) is 0. The highest BCUT2D eigenvalue weighted by Crippen LogP contribution is 2.61. The third kappa shape index (κ3) is 3.06. The minimum atomic E-state index is -4.01. The van der Waals surface area contributed by atoms with Crippen LogP contribution in [-0.2, 0) is 22.9 Å². The SMILES string of the molecule is CC(C)O[P@@]1(=O)OC[C@H]2O[C@@H](n3cnc4c(=O)[nH]c(N)nc43)[C@](F)(Cl)[C@@H]2O1. The Morgan fingerprint density at radius 3 is 3.04 bits per heavy atom. The van der Waals surface area contributed by atoms with Crippen LogP contribution in [0.5, 0.6) is 0 Å². The van der Waals surface area contributed by atoms with Crippen molar-refractivity contribution in [1.82, 2.24) is 19.5 Å². The van der Waals surface area contributed by atoms with Crippen LogP contribution in [0.4, 0.5) is 10.3 Å². The molecule has 2 aliphatic rings. The lowest BCUT2D eigenvalue weighted by molar-refractivity contribution is -0.0733. The molecule has 0 unspecified atom stereocenters. The lowest BCUT2D eigenvalue weighted by atomic mass is 10.1. The van der Waals surface area contributed by atoms with Gasteiger partial charge in [0.05, 0.1) is 19.0 Å². The molecule has 0 radical (unpaired) electrons. The second-order valence-corrected chi connectivity index (χ2v) is 8.55. The number of ether oxygens (including phenoxy) is 1. The number of alkyl halides is 2. The maximum atomic E-state index is 15.5. The largest absolute Gasteiger partial charge is 0.475 e. The number of rotatable bonds is 3. The number of anilines is 1. The zero-order valence-electron chi connectivity index (χ0n) is 14.2. The van der Waals surface area contributed by atoms with E-state index in [1.165, 1.54) is 0 Å². The standard InChI is InChI=1S/C13H16ClFN5O6P/c1-5(2)25-27(22)23-3-6-8(26-27)13(14,15)11(24-6)20-4-17-7-9(20)18-12(16)19-10(7)21/h4-6,8,11H,3H2,1-2H3,(H3,16,18,19,21)/t6-,8-,11-,13+,27-/m1/s1. The van der Waals surface area contributed by atoms with E-state index in [-0.39, 0.29) is 23.7 Å². The van der Waals surface area contributed by atoms with Crippen LogP contribution >= 0.6 is 19.4 Å². The summed E-state index contributed by atoms with van der Waals surface area (Å²) in [5.74, 6) is -0.182. The van der Waals surface area contributed by atoms with Gasteiger partial charge in [-0.05, 0) is 13.8 Å². The van der Waals surface area contributed by atoms with Gasteiger partial charge in [0.15, 0.2) is 23.5 Å². The quantitative estimate of drug-likeness (QED) is 0.553. The molecule has 2 saturated heterocycles. The molecule has 2 aromatic heterocycles. The van der Waals surface area contributed by atoms with E-state index >= 15 is 4.39 Å². The van der Waals surface area contributed by atoms with E-state index in [9.17, 15) is 9.36 Å². The van der Waals surface area contributed by atoms with Crippen LogP contribution in [0.25, 0.3) is 11.2 Å². The molecule has 5 atom stereocenters. The van der Waals surface area contributed by atoms with E-state index in [1.807, 2.05) is 0 Å². The van der Waals surface area contributed by atoms with Gasteiger partial charge in [0, 0.05) is 0 Å². The second kappa shape index (κ2) is 6.23. The highest BCUT2D eigenvalue weighted by atomic mass is 35.5. The Labute approximate surface area is 156 Å². The number of phosphoric acid groups is 1. The summed E-state index contributed by atoms with van der Waals surface area (Å²) in [4.78, 5) is 22.1. The molecular weight excluding hydrogens is 408 g/mol. The van der Waals surface area contributed by atoms with Crippen molar-refractivity contribution in [3.05, 3.63) is 16.7 Å². The molecule has 2 aliphatic heterocycles. The van der Waals surface area contributed by atoms with E-state index < -0.39 is 43.0 Å². The van der Waals surface area contributed by atoms with Gasteiger partial charge in [0.1, 0.15) is 6.10 Å². The molecule has 0 aromatic carbocycles. The molecule has 27 heavy (non-hydrogen) atoms. The number of halogens is 2. The van der Waals surface area contributed by atoms with Gasteiger partial charge in [-0.2, -0.15) is 4.98 Å². The van der Waals surface area contributed by atoms with Gasteiger partial charge in [-0.3, -0.25) is 27.9 Å². The zero-order valence-corrected chi connectivity index (χ0v) is 15.8. The third-order valence-electron chi connectivity index (χ3n) is 4.03. The van der Waals surface area contributed by atoms with Crippen LogP contribution in [0, 0.1) is 0 Å². The van der Waals surface area contributed by atoms with Gasteiger partial charge in [-0.15, -0.1) is 0 Å². The van der Waals surface area contributed by atoms with Crippen LogP contribution in [0.3, 0.4) is 0 Å². The van der Waals surface area contributed by atoms with Crippen LogP contribution in [0.1, 0.15) is 20.1 Å². The number of hydrogen-bond donors (Lipinski definition) is 2. The lowest BCUT2D eigenvalue weighted by Gasteiger charge is -2.33. The van der Waals surface area contributed by atoms with Crippen LogP contribution in [0.2, 0.25) is 0 Å². The average molecular weight is 424 g/mol. The number of phosphoric ester groups is 1. The predicted octanol–water partition coefficient (Wildman–Crippen LogP) is 1.45. The fraction of sp³-hybridized carbons (Fsp3) is 0.615. The molecule has 4 rings (SSSR count). The van der Waals surface area contributed by atoms with Crippen molar-refractivity contribution in [2.45, 2.75) is 43.5 Å². The monoisotopic (exact) mass is 423 g/mol. The molecule has 0 saturated carbocycles. The number of H-pyrrole nitrogens is 1. The second-order valence-electron chi connectivity index (χ2n) is 6.40. The van der Waals surface area contributed by atoms with Gasteiger partial charge in [0.2, 0.25) is 5.95 Å². The molecule has 3 N–H and O–H groups in total. The average Bonchev–Trinajstić information content (AvgIpc) is 3.05. The number of hydrogen-bond acceptors (Lipinski definition) is 9. The van der Waals surface area contributed by atoms with E-state index in [1.54, 1.807) is 13.8 Å². The third-order valence-corrected chi connectivity index (χ3v) is 6.06. The van der Waals surface area contributed by atoms with Crippen molar-refractivity contribution >= 4 is 36.5 Å². The van der Waals surface area contributed by atoms with E-state index in [0.29, 0.717) is 0 Å². The van der Waals surface area contributed by atoms with E-state index in [4.69, 9.17) is 35.6 Å². The molecule has 0 bridgehead atoms. The first-order valence-corrected chi connectivity index (χ1v) is 9.81. The zero-order chi connectivity index (χ0) is 19.6. The number of nitrogens with zero attached hydrogens (tertiary/aromatic N) is 3. The Morgan fingerprint density at radius 2 is 2.33 bits per heavy atom. The van der Waals surface area contributed by atoms with Gasteiger partial charge in [-0.1, -0.05) is 11.6 Å². The molecule has 148 valence electrons. The van der Waals surface area contributed by atoms with Gasteiger partial charge >= 0.3 is 7.82 Å². The molecule has 2 aromatic rings. The molecule has 0 amide bonds. The first-order chi connectivity index (χ1) is 12.6. The smallest absolute Gasteiger partial charge is 0.369 e. The van der Waals surface area contributed by atoms with Crippen molar-refractivity contribution in [3.63, 3.8) is 0 Å². The van der Waals surface area contributed by atoms with Crippen molar-refractivity contribution in [2.24, 2.45) is 0 Å². The van der Waals surface area contributed by atoms with Crippen LogP contribution in [-0.4, -0.2) is 49.6 Å². The topological polar surface area (TPSA) is 144 Å². The summed E-state index contributed by atoms with van der Waals surface area (Å²) >= 11 is 6.10. The maximum absolute atomic E-state index is 15.5. The van der Waals surface area contributed by atoms with Gasteiger partial charge < -0.3 is 10.5 Å². The number of nitrogens with two attached hydrogens (primary N) is 1.